The molecule has 7 heteroatoms. The minimum Gasteiger partial charge on any atom is -0.396 e. The molecule has 0 aromatic carbocycles. The van der Waals surface area contributed by atoms with Crippen LogP contribution in [0.2, 0.25) is 0 Å². The molecule has 138 valence electrons. The number of aliphatic hydroxyl groups excluding tert-OH is 1. The molecule has 2 atom stereocenters. The maximum atomic E-state index is 12.7. The summed E-state index contributed by atoms with van der Waals surface area (Å²) >= 11 is 0. The van der Waals surface area contributed by atoms with Crippen molar-refractivity contribution in [3.8, 4) is 0 Å². The third kappa shape index (κ3) is 3.86. The lowest BCUT2D eigenvalue weighted by Crippen LogP contribution is -2.57. The van der Waals surface area contributed by atoms with Crippen molar-refractivity contribution in [1.29, 1.82) is 0 Å². The first kappa shape index (κ1) is 17.9. The van der Waals surface area contributed by atoms with E-state index in [2.05, 4.69) is 5.10 Å². The van der Waals surface area contributed by atoms with Crippen molar-refractivity contribution in [1.82, 2.24) is 19.6 Å². The van der Waals surface area contributed by atoms with Gasteiger partial charge in [-0.25, -0.2) is 0 Å². The number of carbonyl (C=O) groups is 2. The van der Waals surface area contributed by atoms with E-state index in [9.17, 15) is 9.59 Å². The molecule has 1 aromatic rings. The number of carbonyl (C=O) groups excluding carboxylic acids is 2. The lowest BCUT2D eigenvalue weighted by atomic mass is 9.83. The Morgan fingerprint density at radius 1 is 1.36 bits per heavy atom. The molecule has 0 saturated carbocycles. The maximum Gasteiger partial charge on any atom is 0.257 e. The first-order valence-corrected chi connectivity index (χ1v) is 9.36. The fourth-order valence-electron chi connectivity index (χ4n) is 4.05. The minimum absolute atomic E-state index is 0.0434. The molecule has 3 heterocycles. The van der Waals surface area contributed by atoms with Crippen molar-refractivity contribution in [2.24, 2.45) is 5.92 Å². The number of aromatic nitrogens is 2. The van der Waals surface area contributed by atoms with Crippen LogP contribution >= 0.6 is 0 Å². The molecule has 3 rings (SSSR count). The van der Waals surface area contributed by atoms with Crippen LogP contribution in [0.1, 0.15) is 49.4 Å². The first-order chi connectivity index (χ1) is 12.1. The summed E-state index contributed by atoms with van der Waals surface area (Å²) < 4.78 is 1.77. The average molecular weight is 348 g/mol. The van der Waals surface area contributed by atoms with Crippen molar-refractivity contribution < 1.29 is 14.7 Å². The quantitative estimate of drug-likeness (QED) is 0.782. The zero-order valence-electron chi connectivity index (χ0n) is 14.9. The van der Waals surface area contributed by atoms with Gasteiger partial charge in [0.2, 0.25) is 5.91 Å². The van der Waals surface area contributed by atoms with Gasteiger partial charge >= 0.3 is 0 Å². The van der Waals surface area contributed by atoms with Crippen LogP contribution in [0.5, 0.6) is 0 Å². The van der Waals surface area contributed by atoms with Gasteiger partial charge in [-0.3, -0.25) is 14.3 Å². The van der Waals surface area contributed by atoms with Crippen LogP contribution in [0.3, 0.4) is 0 Å². The predicted octanol–water partition coefficient (Wildman–Crippen LogP) is 1.13. The van der Waals surface area contributed by atoms with E-state index >= 15 is 0 Å². The van der Waals surface area contributed by atoms with Crippen LogP contribution in [-0.2, 0) is 11.3 Å². The van der Waals surface area contributed by atoms with E-state index in [1.807, 2.05) is 16.7 Å². The summed E-state index contributed by atoms with van der Waals surface area (Å²) in [7, 11) is 0. The summed E-state index contributed by atoms with van der Waals surface area (Å²) in [5.41, 5.74) is 0.645. The van der Waals surface area contributed by atoms with Gasteiger partial charge in [-0.15, -0.1) is 0 Å². The van der Waals surface area contributed by atoms with Gasteiger partial charge < -0.3 is 14.9 Å². The standard InChI is InChI=1S/C18H28N4O3/c1-2-21-13-15(11-19-21)18(25)20-9-7-16-14(12-20)5-6-17(24)22(16)8-3-4-10-23/h11,13-14,16,23H,2-10,12H2,1H3/t14-,16+/m0/s1. The second kappa shape index (κ2) is 7.99. The monoisotopic (exact) mass is 348 g/mol. The third-order valence-electron chi connectivity index (χ3n) is 5.44. The van der Waals surface area contributed by atoms with Crippen molar-refractivity contribution in [3.05, 3.63) is 18.0 Å². The summed E-state index contributed by atoms with van der Waals surface area (Å²) in [5, 5.41) is 13.2. The number of piperidine rings is 2. The Balaban J connectivity index is 1.63. The number of fused-ring (bicyclic) bond motifs is 1. The number of amides is 2. The zero-order chi connectivity index (χ0) is 17.8. The summed E-state index contributed by atoms with van der Waals surface area (Å²) in [6.45, 7) is 5.04. The number of likely N-dealkylation sites (tertiary alicyclic amines) is 2. The van der Waals surface area contributed by atoms with Crippen LogP contribution in [0.25, 0.3) is 0 Å². The molecule has 25 heavy (non-hydrogen) atoms. The van der Waals surface area contributed by atoms with E-state index in [0.29, 0.717) is 31.0 Å². The second-order valence-corrected chi connectivity index (χ2v) is 7.01. The van der Waals surface area contributed by atoms with Gasteiger partial charge in [0.05, 0.1) is 11.8 Å². The predicted molar refractivity (Wildman–Crippen MR) is 93.0 cm³/mol. The van der Waals surface area contributed by atoms with E-state index in [4.69, 9.17) is 5.11 Å². The highest BCUT2D eigenvalue weighted by Gasteiger charge is 2.40. The molecule has 2 aliphatic heterocycles. The molecule has 0 bridgehead atoms. The number of rotatable bonds is 6. The van der Waals surface area contributed by atoms with Gasteiger partial charge in [0.25, 0.3) is 5.91 Å². The summed E-state index contributed by atoms with van der Waals surface area (Å²) in [5.74, 6) is 0.621. The number of unbranched alkanes of at least 4 members (excludes halogenated alkanes) is 1. The molecule has 0 spiro atoms. The molecule has 2 amide bonds. The highest BCUT2D eigenvalue weighted by molar-refractivity contribution is 5.93. The summed E-state index contributed by atoms with van der Waals surface area (Å²) in [6.07, 6.45) is 7.28. The molecule has 1 N–H and O–H groups in total. The second-order valence-electron chi connectivity index (χ2n) is 7.01. The molecule has 2 aliphatic rings. The van der Waals surface area contributed by atoms with E-state index in [-0.39, 0.29) is 24.5 Å². The van der Waals surface area contributed by atoms with Gasteiger partial charge in [0, 0.05) is 51.4 Å². The molecule has 0 aliphatic carbocycles. The average Bonchev–Trinajstić information content (AvgIpc) is 3.12. The van der Waals surface area contributed by atoms with Crippen LogP contribution in [-0.4, -0.2) is 68.8 Å². The van der Waals surface area contributed by atoms with E-state index in [1.54, 1.807) is 17.1 Å². The molecule has 7 nitrogen and oxygen atoms in total. The summed E-state index contributed by atoms with van der Waals surface area (Å²) in [6, 6.07) is 0.238. The van der Waals surface area contributed by atoms with Crippen LogP contribution in [0.4, 0.5) is 0 Å². The molecule has 2 fully saturated rings. The zero-order valence-corrected chi connectivity index (χ0v) is 14.9. The van der Waals surface area contributed by atoms with E-state index < -0.39 is 0 Å². The highest BCUT2D eigenvalue weighted by atomic mass is 16.3. The Labute approximate surface area is 148 Å². The first-order valence-electron chi connectivity index (χ1n) is 9.36. The van der Waals surface area contributed by atoms with E-state index in [0.717, 1.165) is 38.8 Å². The molecule has 0 unspecified atom stereocenters. The van der Waals surface area contributed by atoms with Crippen molar-refractivity contribution in [2.45, 2.75) is 51.6 Å². The van der Waals surface area contributed by atoms with Crippen molar-refractivity contribution in [3.63, 3.8) is 0 Å². The third-order valence-corrected chi connectivity index (χ3v) is 5.44. The van der Waals surface area contributed by atoms with Crippen LogP contribution in [0.15, 0.2) is 12.4 Å². The van der Waals surface area contributed by atoms with Gasteiger partial charge in [-0.2, -0.15) is 5.10 Å². The molecular formula is C18H28N4O3. The highest BCUT2D eigenvalue weighted by Crippen LogP contribution is 2.32. The fourth-order valence-corrected chi connectivity index (χ4v) is 4.05. The van der Waals surface area contributed by atoms with Gasteiger partial charge in [-0.1, -0.05) is 0 Å². The van der Waals surface area contributed by atoms with E-state index in [1.165, 1.54) is 0 Å². The van der Waals surface area contributed by atoms with Crippen LogP contribution in [0, 0.1) is 5.92 Å². The smallest absolute Gasteiger partial charge is 0.257 e. The number of aliphatic hydroxyl groups is 1. The SMILES string of the molecule is CCn1cc(C(=O)N2CC[C@@H]3[C@@H](CCC(=O)N3CCCCO)C2)cn1. The Morgan fingerprint density at radius 3 is 2.92 bits per heavy atom. The topological polar surface area (TPSA) is 78.7 Å². The lowest BCUT2D eigenvalue weighted by molar-refractivity contribution is -0.140. The molecule has 0 radical (unpaired) electrons. The van der Waals surface area contributed by atoms with Crippen LogP contribution < -0.4 is 0 Å². The number of hydrogen-bond donors (Lipinski definition) is 1. The Kier molecular flexibility index (Phi) is 5.73. The minimum atomic E-state index is 0.0434. The van der Waals surface area contributed by atoms with Crippen molar-refractivity contribution in [2.75, 3.05) is 26.2 Å². The number of nitrogens with zero attached hydrogens (tertiary/aromatic N) is 4. The normalized spacial score (nSPS) is 23.7. The lowest BCUT2D eigenvalue weighted by Gasteiger charge is -2.47. The Bertz CT molecular complexity index is 615. The van der Waals surface area contributed by atoms with Gasteiger partial charge in [0.1, 0.15) is 0 Å². The Hall–Kier alpha value is -1.89. The largest absolute Gasteiger partial charge is 0.396 e. The molecule has 1 aromatic heterocycles. The molecule has 2 saturated heterocycles. The van der Waals surface area contributed by atoms with Gasteiger partial charge in [-0.05, 0) is 38.5 Å². The maximum absolute atomic E-state index is 12.7. The summed E-state index contributed by atoms with van der Waals surface area (Å²) in [4.78, 5) is 28.9. The fraction of sp³-hybridized carbons (Fsp3) is 0.722. The van der Waals surface area contributed by atoms with Crippen molar-refractivity contribution >= 4 is 11.8 Å². The number of hydrogen-bond acceptors (Lipinski definition) is 4. The van der Waals surface area contributed by atoms with Gasteiger partial charge in [0.15, 0.2) is 0 Å². The molecular weight excluding hydrogens is 320 g/mol. The Morgan fingerprint density at radius 2 is 2.20 bits per heavy atom. The number of aryl methyl sites for hydroxylation is 1.